The molecule has 0 saturated heterocycles. The Labute approximate surface area is 208 Å². The number of benzene rings is 1. The normalized spacial score (nSPS) is 15.4. The van der Waals surface area contributed by atoms with Crippen molar-refractivity contribution in [2.45, 2.75) is 135 Å². The van der Waals surface area contributed by atoms with E-state index in [0.29, 0.717) is 5.76 Å². The van der Waals surface area contributed by atoms with E-state index < -0.39 is 12.3 Å². The van der Waals surface area contributed by atoms with Crippen LogP contribution in [0.15, 0.2) is 36.1 Å². The molecule has 0 saturated carbocycles. The number of ether oxygens (including phenoxy) is 2. The van der Waals surface area contributed by atoms with Crippen molar-refractivity contribution < 1.29 is 19.4 Å². The number of unbranched alkanes of at least 4 members (excludes halogenated alkanes) is 17. The SMILES string of the molecule is CCCCCCCCCCCCCCCCCCCCC1OC(C(=O)O)=C(c2ccccc2)O1. The quantitative estimate of drug-likeness (QED) is 0.181. The van der Waals surface area contributed by atoms with Gasteiger partial charge in [0.05, 0.1) is 0 Å². The second-order valence-electron chi connectivity index (χ2n) is 9.79. The summed E-state index contributed by atoms with van der Waals surface area (Å²) in [7, 11) is 0. The van der Waals surface area contributed by atoms with E-state index in [2.05, 4.69) is 6.92 Å². The molecular weight excluding hydrogens is 424 g/mol. The predicted molar refractivity (Wildman–Crippen MR) is 140 cm³/mol. The Morgan fingerprint density at radius 2 is 1.12 bits per heavy atom. The van der Waals surface area contributed by atoms with Crippen molar-refractivity contribution in [3.63, 3.8) is 0 Å². The number of aliphatic carboxylic acids is 1. The topological polar surface area (TPSA) is 55.8 Å². The van der Waals surface area contributed by atoms with Gasteiger partial charge in [0.1, 0.15) is 0 Å². The molecule has 1 aromatic rings. The van der Waals surface area contributed by atoms with E-state index in [4.69, 9.17) is 9.47 Å². The minimum Gasteiger partial charge on any atom is -0.475 e. The molecule has 1 aliphatic rings. The monoisotopic (exact) mass is 472 g/mol. The van der Waals surface area contributed by atoms with Crippen molar-refractivity contribution in [2.75, 3.05) is 0 Å². The van der Waals surface area contributed by atoms with Crippen molar-refractivity contribution >= 4 is 11.7 Å². The number of hydrogen-bond donors (Lipinski definition) is 1. The van der Waals surface area contributed by atoms with Gasteiger partial charge in [-0.25, -0.2) is 4.79 Å². The Bertz CT molecular complexity index is 682. The van der Waals surface area contributed by atoms with Gasteiger partial charge in [0, 0.05) is 12.0 Å². The lowest BCUT2D eigenvalue weighted by molar-refractivity contribution is -0.139. The van der Waals surface area contributed by atoms with Crippen LogP contribution in [-0.4, -0.2) is 17.4 Å². The first-order valence-corrected chi connectivity index (χ1v) is 14.1. The zero-order valence-electron chi connectivity index (χ0n) is 21.6. The van der Waals surface area contributed by atoms with Crippen LogP contribution in [0.4, 0.5) is 0 Å². The summed E-state index contributed by atoms with van der Waals surface area (Å²) >= 11 is 0. The molecule has 0 radical (unpaired) electrons. The lowest BCUT2D eigenvalue weighted by Crippen LogP contribution is -2.10. The molecule has 192 valence electrons. The van der Waals surface area contributed by atoms with Gasteiger partial charge >= 0.3 is 5.97 Å². The van der Waals surface area contributed by atoms with Crippen molar-refractivity contribution in [1.82, 2.24) is 0 Å². The summed E-state index contributed by atoms with van der Waals surface area (Å²) in [6.07, 6.45) is 24.6. The summed E-state index contributed by atoms with van der Waals surface area (Å²) in [5.74, 6) is -0.793. The molecule has 2 rings (SSSR count). The maximum atomic E-state index is 11.5. The molecule has 0 spiro atoms. The van der Waals surface area contributed by atoms with Crippen molar-refractivity contribution in [3.05, 3.63) is 41.7 Å². The second kappa shape index (κ2) is 18.4. The molecule has 0 aliphatic carbocycles. The molecule has 34 heavy (non-hydrogen) atoms. The number of carbonyl (C=O) groups is 1. The fraction of sp³-hybridized carbons (Fsp3) is 0.700. The average molecular weight is 473 g/mol. The summed E-state index contributed by atoms with van der Waals surface area (Å²) in [5.41, 5.74) is 0.750. The molecule has 1 atom stereocenters. The Morgan fingerprint density at radius 1 is 0.676 bits per heavy atom. The first kappa shape index (κ1) is 28.3. The Kier molecular flexibility index (Phi) is 15.3. The van der Waals surface area contributed by atoms with Crippen molar-refractivity contribution in [2.24, 2.45) is 0 Å². The van der Waals surface area contributed by atoms with Crippen LogP contribution in [-0.2, 0) is 14.3 Å². The lowest BCUT2D eigenvalue weighted by atomic mass is 10.0. The van der Waals surface area contributed by atoms with E-state index in [1.807, 2.05) is 30.3 Å². The fourth-order valence-corrected chi connectivity index (χ4v) is 4.66. The number of carboxylic acid groups (broad SMARTS) is 1. The minimum absolute atomic E-state index is 0.0707. The zero-order valence-corrected chi connectivity index (χ0v) is 21.6. The van der Waals surface area contributed by atoms with Gasteiger partial charge in [0.25, 0.3) is 5.76 Å². The average Bonchev–Trinajstić information content (AvgIpc) is 3.28. The van der Waals surface area contributed by atoms with E-state index in [-0.39, 0.29) is 5.76 Å². The first-order chi connectivity index (χ1) is 16.7. The van der Waals surface area contributed by atoms with E-state index in [9.17, 15) is 9.90 Å². The molecular formula is C30H48O4. The Morgan fingerprint density at radius 3 is 1.56 bits per heavy atom. The molecule has 4 heteroatoms. The highest BCUT2D eigenvalue weighted by molar-refractivity contribution is 5.93. The van der Waals surface area contributed by atoms with Crippen LogP contribution >= 0.6 is 0 Å². The Hall–Kier alpha value is -1.97. The summed E-state index contributed by atoms with van der Waals surface area (Å²) in [6.45, 7) is 2.28. The maximum absolute atomic E-state index is 11.5. The summed E-state index contributed by atoms with van der Waals surface area (Å²) in [4.78, 5) is 11.5. The third-order valence-corrected chi connectivity index (χ3v) is 6.73. The van der Waals surface area contributed by atoms with Gasteiger partial charge in [0.15, 0.2) is 5.76 Å². The van der Waals surface area contributed by atoms with Gasteiger partial charge in [-0.05, 0) is 6.42 Å². The van der Waals surface area contributed by atoms with Crippen LogP contribution in [0.25, 0.3) is 5.76 Å². The van der Waals surface area contributed by atoms with Crippen LogP contribution in [0.3, 0.4) is 0 Å². The van der Waals surface area contributed by atoms with Crippen LogP contribution < -0.4 is 0 Å². The zero-order chi connectivity index (χ0) is 24.3. The summed E-state index contributed by atoms with van der Waals surface area (Å²) in [5, 5.41) is 9.43. The molecule has 1 N–H and O–H groups in total. The molecule has 1 aliphatic heterocycles. The highest BCUT2D eigenvalue weighted by Crippen LogP contribution is 2.32. The molecule has 0 aromatic heterocycles. The van der Waals surface area contributed by atoms with Crippen LogP contribution in [0.1, 0.15) is 134 Å². The van der Waals surface area contributed by atoms with Gasteiger partial charge in [-0.15, -0.1) is 0 Å². The maximum Gasteiger partial charge on any atom is 0.375 e. The minimum atomic E-state index is -1.07. The van der Waals surface area contributed by atoms with E-state index in [1.54, 1.807) is 0 Å². The smallest absolute Gasteiger partial charge is 0.375 e. The molecule has 1 heterocycles. The van der Waals surface area contributed by atoms with Gasteiger partial charge in [-0.3, -0.25) is 0 Å². The molecule has 0 fully saturated rings. The van der Waals surface area contributed by atoms with Gasteiger partial charge in [-0.2, -0.15) is 0 Å². The second-order valence-corrected chi connectivity index (χ2v) is 9.79. The third-order valence-electron chi connectivity index (χ3n) is 6.73. The Balaban J connectivity index is 1.38. The fourth-order valence-electron chi connectivity index (χ4n) is 4.66. The molecule has 1 unspecified atom stereocenters. The summed E-state index contributed by atoms with van der Waals surface area (Å²) in [6, 6.07) is 9.34. The summed E-state index contributed by atoms with van der Waals surface area (Å²) < 4.78 is 11.4. The van der Waals surface area contributed by atoms with E-state index >= 15 is 0 Å². The van der Waals surface area contributed by atoms with Gasteiger partial charge in [-0.1, -0.05) is 146 Å². The highest BCUT2D eigenvalue weighted by atomic mass is 16.7. The predicted octanol–water partition coefficient (Wildman–Crippen LogP) is 9.24. The van der Waals surface area contributed by atoms with Crippen molar-refractivity contribution in [3.8, 4) is 0 Å². The van der Waals surface area contributed by atoms with E-state index in [1.165, 1.54) is 103 Å². The van der Waals surface area contributed by atoms with Crippen LogP contribution in [0.2, 0.25) is 0 Å². The molecule has 0 bridgehead atoms. The largest absolute Gasteiger partial charge is 0.475 e. The third kappa shape index (κ3) is 11.9. The van der Waals surface area contributed by atoms with Crippen molar-refractivity contribution in [1.29, 1.82) is 0 Å². The molecule has 1 aromatic carbocycles. The molecule has 0 amide bonds. The first-order valence-electron chi connectivity index (χ1n) is 14.1. The number of carboxylic acids is 1. The van der Waals surface area contributed by atoms with E-state index in [0.717, 1.165) is 24.8 Å². The molecule has 4 nitrogen and oxygen atoms in total. The standard InChI is InChI=1S/C30H48O4/c1-2-3-4-5-6-7-8-9-10-11-12-13-14-15-16-17-18-22-25-27-33-28(29(34-27)30(31)32)26-23-20-19-21-24-26/h19-21,23-24,27H,2-18,22,25H2,1H3,(H,31,32). The van der Waals surface area contributed by atoms with Crippen LogP contribution in [0, 0.1) is 0 Å². The van der Waals surface area contributed by atoms with Gasteiger partial charge in [0.2, 0.25) is 6.29 Å². The van der Waals surface area contributed by atoms with Crippen LogP contribution in [0.5, 0.6) is 0 Å². The lowest BCUT2D eigenvalue weighted by Gasteiger charge is -2.11. The number of hydrogen-bond acceptors (Lipinski definition) is 3. The number of rotatable bonds is 21. The van der Waals surface area contributed by atoms with Gasteiger partial charge < -0.3 is 14.6 Å². The highest BCUT2D eigenvalue weighted by Gasteiger charge is 2.32.